The lowest BCUT2D eigenvalue weighted by Crippen LogP contribution is -2.19. The highest BCUT2D eigenvalue weighted by molar-refractivity contribution is 5.73. The van der Waals surface area contributed by atoms with Crippen molar-refractivity contribution < 1.29 is 34.3 Å². The summed E-state index contributed by atoms with van der Waals surface area (Å²) in [7, 11) is 0. The maximum Gasteiger partial charge on any atom is 0.355 e. The molecule has 0 aromatic heterocycles. The molecule has 0 aliphatic carbocycles. The Labute approximate surface area is 201 Å². The Hall–Kier alpha value is -1.63. The summed E-state index contributed by atoms with van der Waals surface area (Å²) < 4.78 is 0. The van der Waals surface area contributed by atoms with E-state index in [1.54, 1.807) is 0 Å². The van der Waals surface area contributed by atoms with E-state index >= 15 is 0 Å². The summed E-state index contributed by atoms with van der Waals surface area (Å²) in [5, 5.41) is 7.89. The van der Waals surface area contributed by atoms with Gasteiger partial charge in [-0.15, -0.1) is 0 Å². The lowest BCUT2D eigenvalue weighted by Gasteiger charge is -2.22. The van der Waals surface area contributed by atoms with Gasteiger partial charge in [0.05, 0.1) is 12.8 Å². The van der Waals surface area contributed by atoms with Crippen molar-refractivity contribution in [1.82, 2.24) is 0 Å². The molecule has 0 aliphatic rings. The molecule has 0 aliphatic heterocycles. The van der Waals surface area contributed by atoms with Gasteiger partial charge in [-0.2, -0.15) is 5.26 Å². The molecular formula is C26H50O7. The quantitative estimate of drug-likeness (QED) is 0.180. The maximum absolute atomic E-state index is 11.7. The third-order valence-electron chi connectivity index (χ3n) is 4.77. The smallest absolute Gasteiger partial charge is 0.301 e. The van der Waals surface area contributed by atoms with Crippen LogP contribution in [0.1, 0.15) is 127 Å². The zero-order valence-corrected chi connectivity index (χ0v) is 22.6. The highest BCUT2D eigenvalue weighted by Gasteiger charge is 2.22. The molecule has 0 rings (SSSR count). The van der Waals surface area contributed by atoms with E-state index in [4.69, 9.17) is 5.26 Å². The number of carbonyl (C=O) groups is 3. The summed E-state index contributed by atoms with van der Waals surface area (Å²) in [4.78, 5) is 46.5. The highest BCUT2D eigenvalue weighted by Crippen LogP contribution is 2.27. The molecule has 33 heavy (non-hydrogen) atoms. The van der Waals surface area contributed by atoms with Gasteiger partial charge in [-0.25, -0.2) is 24.2 Å². The molecule has 0 amide bonds. The minimum atomic E-state index is -0.526. The average molecular weight is 475 g/mol. The number of rotatable bonds is 12. The normalized spacial score (nSPS) is 13.3. The van der Waals surface area contributed by atoms with Crippen LogP contribution in [0.15, 0.2) is 0 Å². The lowest BCUT2D eigenvalue weighted by molar-refractivity contribution is -0.260. The summed E-state index contributed by atoms with van der Waals surface area (Å²) in [5.74, 6) is -1.08. The van der Waals surface area contributed by atoms with E-state index in [-0.39, 0.29) is 35.5 Å². The van der Waals surface area contributed by atoms with Crippen LogP contribution < -0.4 is 0 Å². The second-order valence-electron chi connectivity index (χ2n) is 11.7. The van der Waals surface area contributed by atoms with Crippen molar-refractivity contribution in [2.24, 2.45) is 22.7 Å². The SMILES string of the molecule is CC(CC(=O)OOC(=O)CC(C)CC(C)(C)C)CC(C)(C)C.CCCCCCCC(=O)OO. The van der Waals surface area contributed by atoms with Crippen LogP contribution in [0.5, 0.6) is 0 Å². The molecule has 1 N–H and O–H groups in total. The van der Waals surface area contributed by atoms with E-state index in [1.807, 2.05) is 13.8 Å². The van der Waals surface area contributed by atoms with Gasteiger partial charge in [0.15, 0.2) is 0 Å². The molecule has 2 unspecified atom stereocenters. The zero-order valence-electron chi connectivity index (χ0n) is 22.6. The van der Waals surface area contributed by atoms with E-state index in [0.29, 0.717) is 6.42 Å². The summed E-state index contributed by atoms with van der Waals surface area (Å²) in [6.45, 7) is 18.9. The van der Waals surface area contributed by atoms with Crippen LogP contribution >= 0.6 is 0 Å². The predicted molar refractivity (Wildman–Crippen MR) is 130 cm³/mol. The first kappa shape index (κ1) is 33.5. The molecule has 0 saturated carbocycles. The summed E-state index contributed by atoms with van der Waals surface area (Å²) in [5.41, 5.74) is 0.331. The van der Waals surface area contributed by atoms with E-state index in [1.165, 1.54) is 12.8 Å². The van der Waals surface area contributed by atoms with Gasteiger partial charge in [-0.3, -0.25) is 0 Å². The van der Waals surface area contributed by atoms with Crippen molar-refractivity contribution in [2.75, 3.05) is 0 Å². The molecule has 0 spiro atoms. The van der Waals surface area contributed by atoms with Crippen molar-refractivity contribution >= 4 is 17.9 Å². The molecule has 196 valence electrons. The zero-order chi connectivity index (χ0) is 26.1. The third kappa shape index (κ3) is 26.5. The molecule has 0 aromatic carbocycles. The molecule has 0 bridgehead atoms. The van der Waals surface area contributed by atoms with Crippen molar-refractivity contribution in [3.8, 4) is 0 Å². The fraction of sp³-hybridized carbons (Fsp3) is 0.885. The molecule has 0 fully saturated rings. The largest absolute Gasteiger partial charge is 0.355 e. The van der Waals surface area contributed by atoms with Crippen LogP contribution in [0, 0.1) is 22.7 Å². The first-order chi connectivity index (χ1) is 15.1. The van der Waals surface area contributed by atoms with Crippen LogP contribution in [0.2, 0.25) is 0 Å². The van der Waals surface area contributed by atoms with Crippen molar-refractivity contribution in [3.63, 3.8) is 0 Å². The van der Waals surface area contributed by atoms with E-state index < -0.39 is 17.9 Å². The Kier molecular flexibility index (Phi) is 18.1. The topological polar surface area (TPSA) is 99.1 Å². The Morgan fingerprint density at radius 3 is 1.42 bits per heavy atom. The molecule has 0 aromatic rings. The van der Waals surface area contributed by atoms with Crippen molar-refractivity contribution in [2.45, 2.75) is 127 Å². The van der Waals surface area contributed by atoms with Crippen LogP contribution in [0.3, 0.4) is 0 Å². The maximum atomic E-state index is 11.7. The first-order valence-corrected chi connectivity index (χ1v) is 12.3. The molecule has 0 saturated heterocycles. The molecule has 7 nitrogen and oxygen atoms in total. The summed E-state index contributed by atoms with van der Waals surface area (Å²) in [6.07, 6.45) is 8.14. The average Bonchev–Trinajstić information content (AvgIpc) is 2.63. The van der Waals surface area contributed by atoms with Gasteiger partial charge in [0.25, 0.3) is 0 Å². The minimum absolute atomic E-state index is 0.165. The van der Waals surface area contributed by atoms with Gasteiger partial charge in [0.1, 0.15) is 0 Å². The van der Waals surface area contributed by atoms with Gasteiger partial charge in [0, 0.05) is 6.42 Å². The van der Waals surface area contributed by atoms with Gasteiger partial charge in [0.2, 0.25) is 0 Å². The van der Waals surface area contributed by atoms with Gasteiger partial charge >= 0.3 is 17.9 Å². The number of hydrogen-bond donors (Lipinski definition) is 1. The second-order valence-corrected chi connectivity index (χ2v) is 11.7. The minimum Gasteiger partial charge on any atom is -0.301 e. The second kappa shape index (κ2) is 17.8. The fourth-order valence-corrected chi connectivity index (χ4v) is 3.88. The molecule has 0 radical (unpaired) electrons. The van der Waals surface area contributed by atoms with Crippen molar-refractivity contribution in [3.05, 3.63) is 0 Å². The Balaban J connectivity index is 0. The van der Waals surface area contributed by atoms with Crippen molar-refractivity contribution in [1.29, 1.82) is 0 Å². The molecule has 0 heterocycles. The number of unbranched alkanes of at least 4 members (excludes halogenated alkanes) is 4. The van der Waals surface area contributed by atoms with Crippen LogP contribution in [-0.2, 0) is 29.0 Å². The fourth-order valence-electron chi connectivity index (χ4n) is 3.88. The van der Waals surface area contributed by atoms with Crippen LogP contribution in [0.25, 0.3) is 0 Å². The Morgan fingerprint density at radius 2 is 1.09 bits per heavy atom. The monoisotopic (exact) mass is 474 g/mol. The van der Waals surface area contributed by atoms with Gasteiger partial charge in [-0.1, -0.05) is 88.0 Å². The highest BCUT2D eigenvalue weighted by atomic mass is 17.2. The Morgan fingerprint density at radius 1 is 0.697 bits per heavy atom. The molecular weight excluding hydrogens is 424 g/mol. The summed E-state index contributed by atoms with van der Waals surface area (Å²) in [6, 6.07) is 0. The lowest BCUT2D eigenvalue weighted by atomic mass is 9.84. The molecule has 7 heteroatoms. The van der Waals surface area contributed by atoms with Gasteiger partial charge < -0.3 is 4.89 Å². The van der Waals surface area contributed by atoms with E-state index in [9.17, 15) is 14.4 Å². The molecule has 2 atom stereocenters. The standard InChI is InChI=1S/C18H34O4.C8H16O3/c1-13(11-17(3,4)5)9-15(19)21-22-16(20)10-14(2)12-18(6,7)8;1-2-3-4-5-6-7-8(9)11-10/h13-14H,9-12H2,1-8H3;10H,2-7H2,1H3. The van der Waals surface area contributed by atoms with Crippen LogP contribution in [-0.4, -0.2) is 23.2 Å². The predicted octanol–water partition coefficient (Wildman–Crippen LogP) is 7.28. The van der Waals surface area contributed by atoms with Crippen LogP contribution in [0.4, 0.5) is 0 Å². The van der Waals surface area contributed by atoms with E-state index in [0.717, 1.165) is 32.1 Å². The summed E-state index contributed by atoms with van der Waals surface area (Å²) >= 11 is 0. The Bertz CT molecular complexity index is 508. The number of carbonyl (C=O) groups excluding carboxylic acids is 3. The number of hydrogen-bond acceptors (Lipinski definition) is 7. The first-order valence-electron chi connectivity index (χ1n) is 12.3. The third-order valence-corrected chi connectivity index (χ3v) is 4.77. The van der Waals surface area contributed by atoms with Gasteiger partial charge in [-0.05, 0) is 41.9 Å². The van der Waals surface area contributed by atoms with E-state index in [2.05, 4.69) is 63.1 Å².